The molecule has 0 fully saturated rings. The largest absolute Gasteiger partial charge is 0.399 e. The van der Waals surface area contributed by atoms with Crippen molar-refractivity contribution in [3.8, 4) is 16.9 Å². The van der Waals surface area contributed by atoms with Gasteiger partial charge in [-0.15, -0.1) is 0 Å². The highest BCUT2D eigenvalue weighted by molar-refractivity contribution is 7.87. The Kier molecular flexibility index (Phi) is 12.3. The Balaban J connectivity index is 1.38. The number of hydrogen-bond donors (Lipinski definition) is 2. The Morgan fingerprint density at radius 2 is 1.20 bits per heavy atom. The van der Waals surface area contributed by atoms with E-state index in [1.807, 2.05) is 104 Å². The average Bonchev–Trinajstić information content (AvgIpc) is 3.21. The van der Waals surface area contributed by atoms with Crippen molar-refractivity contribution in [1.29, 1.82) is 0 Å². The predicted octanol–water partition coefficient (Wildman–Crippen LogP) is 7.44. The van der Waals surface area contributed by atoms with Crippen LogP contribution in [0.15, 0.2) is 163 Å². The highest BCUT2D eigenvalue weighted by Gasteiger charge is 2.26. The normalized spacial score (nSPS) is 12.7. The van der Waals surface area contributed by atoms with Crippen molar-refractivity contribution in [1.82, 2.24) is 30.1 Å². The van der Waals surface area contributed by atoms with Crippen LogP contribution in [-0.2, 0) is 42.8 Å². The number of aromatic nitrogens is 3. The molecule has 0 unspecified atom stereocenters. The Morgan fingerprint density at radius 1 is 0.661 bits per heavy atom. The maximum atomic E-state index is 14.3. The predicted molar refractivity (Wildman–Crippen MR) is 220 cm³/mol. The number of nitrogens with two attached hydrogens (primary N) is 1. The number of pyridine rings is 3. The molecule has 3 aromatic heterocycles. The smallest absolute Gasteiger partial charge is 0.339 e. The molecule has 3 aromatic carbocycles. The summed E-state index contributed by atoms with van der Waals surface area (Å²) in [5.74, 6) is 0.285. The van der Waals surface area contributed by atoms with Gasteiger partial charge in [-0.3, -0.25) is 24.8 Å². The van der Waals surface area contributed by atoms with Gasteiger partial charge in [-0.2, -0.15) is 8.42 Å². The zero-order chi connectivity index (χ0) is 38.7. The molecule has 0 spiro atoms. The van der Waals surface area contributed by atoms with Gasteiger partial charge in [0.15, 0.2) is 5.75 Å². The first-order chi connectivity index (χ1) is 27.3. The minimum absolute atomic E-state index is 0.0788. The zero-order valence-electron chi connectivity index (χ0n) is 31.3. The van der Waals surface area contributed by atoms with Crippen molar-refractivity contribution in [2.24, 2.45) is 0 Å². The molecule has 0 saturated carbocycles. The molecular weight excluding hydrogens is 719 g/mol. The van der Waals surface area contributed by atoms with Crippen molar-refractivity contribution in [3.63, 3.8) is 0 Å². The SMILES string of the molecule is Cc1ccc(S(=O)(=O)Oc2c(CN(CC3=CC=CCN3)Cc3ccccn3)cc(-c3ccc(N)cc3)cc2CN(Cc2ccccn2)Cc2ccccn2)cc1. The van der Waals surface area contributed by atoms with Crippen LogP contribution in [0.1, 0.15) is 33.8 Å². The number of dihydropyridines is 1. The van der Waals surface area contributed by atoms with Crippen LogP contribution in [0.4, 0.5) is 5.69 Å². The topological polar surface area (TPSA) is 127 Å². The van der Waals surface area contributed by atoms with E-state index in [0.717, 1.165) is 46.0 Å². The third-order valence-corrected chi connectivity index (χ3v) is 10.6. The number of rotatable bonds is 16. The molecule has 7 rings (SSSR count). The van der Waals surface area contributed by atoms with Gasteiger partial charge in [-0.25, -0.2) is 0 Å². The molecule has 0 saturated heterocycles. The molecule has 4 heterocycles. The van der Waals surface area contributed by atoms with Crippen molar-refractivity contribution in [2.75, 3.05) is 18.8 Å². The summed E-state index contributed by atoms with van der Waals surface area (Å²) in [7, 11) is -4.26. The van der Waals surface area contributed by atoms with Gasteiger partial charge in [0, 0.05) is 86.9 Å². The summed E-state index contributed by atoms with van der Waals surface area (Å²) in [6.45, 7) is 5.39. The quantitative estimate of drug-likeness (QED) is 0.0759. The van der Waals surface area contributed by atoms with Gasteiger partial charge in [0.25, 0.3) is 0 Å². The van der Waals surface area contributed by atoms with E-state index in [0.29, 0.717) is 56.1 Å². The van der Waals surface area contributed by atoms with E-state index >= 15 is 0 Å². The fraction of sp³-hybridized carbons (Fsp3) is 0.178. The van der Waals surface area contributed by atoms with Crippen LogP contribution in [0.25, 0.3) is 11.1 Å². The van der Waals surface area contributed by atoms with Crippen LogP contribution in [0.5, 0.6) is 5.75 Å². The number of benzene rings is 3. The number of aryl methyl sites for hydroxylation is 1. The number of nitrogens with zero attached hydrogens (tertiary/aromatic N) is 5. The Hall–Kier alpha value is -6.14. The van der Waals surface area contributed by atoms with E-state index in [2.05, 4.69) is 42.2 Å². The summed E-state index contributed by atoms with van der Waals surface area (Å²) in [6, 6.07) is 36.0. The highest BCUT2D eigenvalue weighted by atomic mass is 32.2. The van der Waals surface area contributed by atoms with Crippen LogP contribution in [0.3, 0.4) is 0 Å². The second kappa shape index (κ2) is 18.0. The number of hydrogen-bond acceptors (Lipinski definition) is 10. The van der Waals surface area contributed by atoms with E-state index in [1.165, 1.54) is 0 Å². The number of allylic oxidation sites excluding steroid dienone is 2. The van der Waals surface area contributed by atoms with Gasteiger partial charge in [-0.1, -0.05) is 60.2 Å². The molecular formula is C45H45N7O3S. The lowest BCUT2D eigenvalue weighted by Crippen LogP contribution is -2.31. The first-order valence-electron chi connectivity index (χ1n) is 18.5. The van der Waals surface area contributed by atoms with Crippen LogP contribution in [0, 0.1) is 6.92 Å². The summed E-state index contributed by atoms with van der Waals surface area (Å²) >= 11 is 0. The van der Waals surface area contributed by atoms with Crippen molar-refractivity contribution < 1.29 is 12.6 Å². The molecule has 56 heavy (non-hydrogen) atoms. The minimum atomic E-state index is -4.26. The van der Waals surface area contributed by atoms with Crippen LogP contribution in [0.2, 0.25) is 0 Å². The molecule has 1 aliphatic heterocycles. The standard InChI is InChI=1S/C45H45N7O3S/c1-34-14-20-44(21-15-34)56(53,54)55-45-37(28-51(30-40-10-2-6-22-47-40)31-41-11-3-7-23-48-41)26-36(35-16-18-39(46)19-17-35)27-38(45)29-52(32-42-12-4-8-24-49-42)33-43-13-5-9-25-50-43/h2-24,26-27,50H,25,28-33,46H2,1H3. The molecule has 0 radical (unpaired) electrons. The Morgan fingerprint density at radius 3 is 1.68 bits per heavy atom. The van der Waals surface area contributed by atoms with Gasteiger partial charge >= 0.3 is 10.1 Å². The molecule has 1 aliphatic rings. The molecule has 0 amide bonds. The minimum Gasteiger partial charge on any atom is -0.399 e. The van der Waals surface area contributed by atoms with Gasteiger partial charge < -0.3 is 15.2 Å². The lowest BCUT2D eigenvalue weighted by Gasteiger charge is -2.28. The van der Waals surface area contributed by atoms with E-state index in [4.69, 9.17) is 9.92 Å². The Bertz CT molecular complexity index is 2330. The molecule has 0 atom stereocenters. The highest BCUT2D eigenvalue weighted by Crippen LogP contribution is 2.36. The van der Waals surface area contributed by atoms with E-state index in [9.17, 15) is 8.42 Å². The monoisotopic (exact) mass is 763 g/mol. The fourth-order valence-electron chi connectivity index (χ4n) is 6.63. The molecule has 284 valence electrons. The molecule has 11 heteroatoms. The lowest BCUT2D eigenvalue weighted by atomic mass is 9.97. The average molecular weight is 764 g/mol. The Labute approximate surface area is 329 Å². The summed E-state index contributed by atoms with van der Waals surface area (Å²) in [6.07, 6.45) is 11.5. The summed E-state index contributed by atoms with van der Waals surface area (Å²) in [4.78, 5) is 18.4. The number of anilines is 1. The van der Waals surface area contributed by atoms with Crippen LogP contribution < -0.4 is 15.2 Å². The second-order valence-electron chi connectivity index (χ2n) is 13.9. The second-order valence-corrected chi connectivity index (χ2v) is 15.4. The van der Waals surface area contributed by atoms with Crippen LogP contribution >= 0.6 is 0 Å². The third kappa shape index (κ3) is 10.3. The molecule has 3 N–H and O–H groups in total. The van der Waals surface area contributed by atoms with Gasteiger partial charge in [0.05, 0.1) is 17.1 Å². The third-order valence-electron chi connectivity index (χ3n) is 9.39. The van der Waals surface area contributed by atoms with E-state index in [1.54, 1.807) is 42.9 Å². The van der Waals surface area contributed by atoms with Crippen molar-refractivity contribution >= 4 is 15.8 Å². The lowest BCUT2D eigenvalue weighted by molar-refractivity contribution is 0.238. The first kappa shape index (κ1) is 38.1. The van der Waals surface area contributed by atoms with Gasteiger partial charge in [0.1, 0.15) is 4.90 Å². The van der Waals surface area contributed by atoms with Gasteiger partial charge in [-0.05, 0) is 96.9 Å². The van der Waals surface area contributed by atoms with Gasteiger partial charge in [0.2, 0.25) is 0 Å². The van der Waals surface area contributed by atoms with Crippen LogP contribution in [-0.4, -0.2) is 46.3 Å². The van der Waals surface area contributed by atoms with Crippen molar-refractivity contribution in [3.05, 3.63) is 192 Å². The maximum absolute atomic E-state index is 14.3. The number of nitrogens with one attached hydrogen (secondary N) is 1. The number of nitrogen functional groups attached to an aromatic ring is 1. The molecule has 0 aliphatic carbocycles. The maximum Gasteiger partial charge on any atom is 0.339 e. The first-order valence-corrected chi connectivity index (χ1v) is 19.9. The molecule has 0 bridgehead atoms. The molecule has 10 nitrogen and oxygen atoms in total. The van der Waals surface area contributed by atoms with E-state index < -0.39 is 10.1 Å². The summed E-state index contributed by atoms with van der Waals surface area (Å²) in [5.41, 5.74) is 14.7. The summed E-state index contributed by atoms with van der Waals surface area (Å²) < 4.78 is 34.9. The zero-order valence-corrected chi connectivity index (χ0v) is 32.1. The fourth-order valence-corrected chi connectivity index (χ4v) is 7.63. The molecule has 6 aromatic rings. The summed E-state index contributed by atoms with van der Waals surface area (Å²) in [5, 5.41) is 3.48. The van der Waals surface area contributed by atoms with E-state index in [-0.39, 0.29) is 10.6 Å². The van der Waals surface area contributed by atoms with Crippen molar-refractivity contribution in [2.45, 2.75) is 44.5 Å².